The molecule has 2 N–H and O–H groups in total. The first-order valence-electron chi connectivity index (χ1n) is 11.8. The molecular weight excluding hydrogens is 584 g/mol. The number of thiazole rings is 1. The van der Waals surface area contributed by atoms with Gasteiger partial charge in [-0.05, 0) is 70.4 Å². The minimum atomic E-state index is -1.01. The van der Waals surface area contributed by atoms with Gasteiger partial charge in [-0.15, -0.1) is 11.3 Å². The van der Waals surface area contributed by atoms with Crippen LogP contribution in [0.1, 0.15) is 28.3 Å². The monoisotopic (exact) mass is 606 g/mol. The highest BCUT2D eigenvalue weighted by Crippen LogP contribution is 2.46. The topological polar surface area (TPSA) is 109 Å². The Kier molecular flexibility index (Phi) is 7.40. The number of hydrogen-bond acceptors (Lipinski definition) is 8. The number of amides is 1. The lowest BCUT2D eigenvalue weighted by Gasteiger charge is -2.24. The maximum Gasteiger partial charge on any atom is 0.301 e. The number of carbonyl (C=O) groups excluding carboxylic acids is 2. The zero-order chi connectivity index (χ0) is 27.7. The van der Waals surface area contributed by atoms with Crippen molar-refractivity contribution in [2.45, 2.75) is 19.6 Å². The van der Waals surface area contributed by atoms with Gasteiger partial charge in [0.1, 0.15) is 18.1 Å². The molecule has 1 aromatic heterocycles. The summed E-state index contributed by atoms with van der Waals surface area (Å²) in [5.41, 5.74) is 2.83. The number of carbonyl (C=O) groups is 2. The number of benzene rings is 3. The van der Waals surface area contributed by atoms with Crippen LogP contribution in [0, 0.1) is 6.92 Å². The van der Waals surface area contributed by atoms with E-state index < -0.39 is 17.7 Å². The highest BCUT2D eigenvalue weighted by molar-refractivity contribution is 9.10. The molecule has 0 aliphatic carbocycles. The Morgan fingerprint density at radius 3 is 2.56 bits per heavy atom. The van der Waals surface area contributed by atoms with E-state index in [1.807, 2.05) is 31.2 Å². The Morgan fingerprint density at radius 2 is 1.90 bits per heavy atom. The number of phenolic OH excluding ortho intramolecular Hbond substituents is 1. The number of rotatable bonds is 7. The van der Waals surface area contributed by atoms with E-state index >= 15 is 0 Å². The molecule has 1 saturated heterocycles. The highest BCUT2D eigenvalue weighted by atomic mass is 79.9. The number of aromatic hydroxyl groups is 1. The number of nitrogens with zero attached hydrogens (tertiary/aromatic N) is 2. The summed E-state index contributed by atoms with van der Waals surface area (Å²) < 4.78 is 11.5. The van der Waals surface area contributed by atoms with E-state index in [1.165, 1.54) is 35.6 Å². The van der Waals surface area contributed by atoms with Crippen LogP contribution in [-0.4, -0.2) is 34.0 Å². The van der Waals surface area contributed by atoms with Gasteiger partial charge in [-0.2, -0.15) is 0 Å². The van der Waals surface area contributed by atoms with Gasteiger partial charge in [0.25, 0.3) is 5.78 Å². The summed E-state index contributed by atoms with van der Waals surface area (Å²) in [7, 11) is 1.39. The molecule has 1 aliphatic rings. The van der Waals surface area contributed by atoms with Gasteiger partial charge in [-0.1, -0.05) is 29.8 Å². The average molecular weight is 607 g/mol. The number of halogens is 1. The maximum atomic E-state index is 13.3. The molecule has 0 spiro atoms. The lowest BCUT2D eigenvalue weighted by Crippen LogP contribution is -2.29. The van der Waals surface area contributed by atoms with Crippen molar-refractivity contribution < 1.29 is 29.3 Å². The lowest BCUT2D eigenvalue weighted by molar-refractivity contribution is -0.132. The van der Waals surface area contributed by atoms with Crippen LogP contribution in [0.25, 0.3) is 5.76 Å². The molecule has 8 nitrogen and oxygen atoms in total. The van der Waals surface area contributed by atoms with Gasteiger partial charge in [0.2, 0.25) is 0 Å². The summed E-state index contributed by atoms with van der Waals surface area (Å²) in [6, 6.07) is 16.7. The quantitative estimate of drug-likeness (QED) is 0.148. The number of ether oxygens (including phenoxy) is 2. The molecule has 10 heteroatoms. The van der Waals surface area contributed by atoms with Crippen LogP contribution in [-0.2, 0) is 16.2 Å². The van der Waals surface area contributed by atoms with Crippen molar-refractivity contribution in [3.05, 3.63) is 105 Å². The Bertz CT molecular complexity index is 1580. The molecular formula is C29H23BrN2O6S. The van der Waals surface area contributed by atoms with Crippen molar-refractivity contribution in [1.29, 1.82) is 0 Å². The summed E-state index contributed by atoms with van der Waals surface area (Å²) in [6.45, 7) is 2.39. The first-order chi connectivity index (χ1) is 18.8. The molecule has 2 heterocycles. The average Bonchev–Trinajstić information content (AvgIpc) is 3.55. The number of aliphatic hydroxyl groups is 1. The molecule has 1 aliphatic heterocycles. The standard InChI is InChI=1S/C29H23BrN2O6S/c1-16-4-3-5-17(12-16)15-38-20-8-6-18(7-9-20)25(33)23-24(19-13-21(30)26(34)22(14-19)37-2)32(28(36)27(23)35)29-31-10-11-39-29/h3-14,24,33-34H,15H2,1-2H3/b25-23+. The third-order valence-electron chi connectivity index (χ3n) is 6.27. The Labute approximate surface area is 236 Å². The fourth-order valence-electron chi connectivity index (χ4n) is 4.42. The third-order valence-corrected chi connectivity index (χ3v) is 7.65. The number of phenols is 1. The first kappa shape index (κ1) is 26.5. The van der Waals surface area contributed by atoms with Crippen LogP contribution in [0.4, 0.5) is 5.13 Å². The van der Waals surface area contributed by atoms with Crippen LogP contribution in [0.3, 0.4) is 0 Å². The Hall–Kier alpha value is -4.15. The lowest BCUT2D eigenvalue weighted by atomic mass is 9.95. The number of anilines is 1. The maximum absolute atomic E-state index is 13.3. The van der Waals surface area contributed by atoms with Gasteiger partial charge in [0.15, 0.2) is 16.6 Å². The van der Waals surface area contributed by atoms with E-state index in [1.54, 1.807) is 35.7 Å². The van der Waals surface area contributed by atoms with Crippen LogP contribution in [0.2, 0.25) is 0 Å². The van der Waals surface area contributed by atoms with Crippen LogP contribution < -0.4 is 14.4 Å². The second-order valence-corrected chi connectivity index (χ2v) is 10.6. The van der Waals surface area contributed by atoms with E-state index in [2.05, 4.69) is 20.9 Å². The van der Waals surface area contributed by atoms with E-state index in [-0.39, 0.29) is 22.8 Å². The molecule has 0 radical (unpaired) electrons. The summed E-state index contributed by atoms with van der Waals surface area (Å²) in [5.74, 6) is -1.42. The predicted octanol–water partition coefficient (Wildman–Crippen LogP) is 6.13. The second-order valence-electron chi connectivity index (χ2n) is 8.84. The van der Waals surface area contributed by atoms with Crippen LogP contribution in [0.5, 0.6) is 17.2 Å². The minimum Gasteiger partial charge on any atom is -0.507 e. The molecule has 0 saturated carbocycles. The molecule has 3 aromatic carbocycles. The number of methoxy groups -OCH3 is 1. The number of aromatic nitrogens is 1. The summed E-state index contributed by atoms with van der Waals surface area (Å²) >= 11 is 4.49. The molecule has 0 bridgehead atoms. The zero-order valence-corrected chi connectivity index (χ0v) is 23.3. The van der Waals surface area contributed by atoms with E-state index in [0.29, 0.717) is 33.1 Å². The van der Waals surface area contributed by atoms with Crippen LogP contribution in [0.15, 0.2) is 82.3 Å². The number of Topliss-reactive ketones (excluding diaryl/α,β-unsaturated/α-hetero) is 1. The third kappa shape index (κ3) is 5.13. The predicted molar refractivity (Wildman–Crippen MR) is 151 cm³/mol. The summed E-state index contributed by atoms with van der Waals surface area (Å²) in [5, 5.41) is 23.7. The highest BCUT2D eigenvalue weighted by Gasteiger charge is 2.48. The number of hydrogen-bond donors (Lipinski definition) is 2. The van der Waals surface area contributed by atoms with Crippen LogP contribution >= 0.6 is 27.3 Å². The zero-order valence-electron chi connectivity index (χ0n) is 20.9. The Morgan fingerprint density at radius 1 is 1.13 bits per heavy atom. The molecule has 1 atom stereocenters. The van der Waals surface area contributed by atoms with Gasteiger partial charge in [-0.3, -0.25) is 14.5 Å². The fraction of sp³-hybridized carbons (Fsp3) is 0.138. The molecule has 5 rings (SSSR count). The molecule has 198 valence electrons. The van der Waals surface area contributed by atoms with Gasteiger partial charge in [0.05, 0.1) is 23.2 Å². The van der Waals surface area contributed by atoms with Crippen molar-refractivity contribution in [2.24, 2.45) is 0 Å². The number of ketones is 1. The number of aliphatic hydroxyl groups excluding tert-OH is 1. The summed E-state index contributed by atoms with van der Waals surface area (Å²) in [6.07, 6.45) is 1.53. The molecule has 39 heavy (non-hydrogen) atoms. The van der Waals surface area contributed by atoms with Crippen molar-refractivity contribution in [3.8, 4) is 17.2 Å². The number of aryl methyl sites for hydroxylation is 1. The van der Waals surface area contributed by atoms with Gasteiger partial charge < -0.3 is 19.7 Å². The van der Waals surface area contributed by atoms with Crippen molar-refractivity contribution in [1.82, 2.24) is 4.98 Å². The second kappa shape index (κ2) is 10.9. The van der Waals surface area contributed by atoms with E-state index in [4.69, 9.17) is 9.47 Å². The minimum absolute atomic E-state index is 0.108. The summed E-state index contributed by atoms with van der Waals surface area (Å²) in [4.78, 5) is 32.0. The largest absolute Gasteiger partial charge is 0.507 e. The van der Waals surface area contributed by atoms with Crippen molar-refractivity contribution in [2.75, 3.05) is 12.0 Å². The Balaban J connectivity index is 1.54. The molecule has 4 aromatic rings. The SMILES string of the molecule is COc1cc(C2/C(=C(\O)c3ccc(OCc4cccc(C)c4)cc3)C(=O)C(=O)N2c2nccs2)cc(Br)c1O. The molecule has 1 amide bonds. The van der Waals surface area contributed by atoms with Gasteiger partial charge in [-0.25, -0.2) is 4.98 Å². The molecule has 1 fully saturated rings. The van der Waals surface area contributed by atoms with Gasteiger partial charge >= 0.3 is 5.91 Å². The normalized spacial score (nSPS) is 16.5. The first-order valence-corrected chi connectivity index (χ1v) is 13.5. The smallest absolute Gasteiger partial charge is 0.301 e. The van der Waals surface area contributed by atoms with Crippen molar-refractivity contribution >= 4 is 49.8 Å². The fourth-order valence-corrected chi connectivity index (χ4v) is 5.55. The van der Waals surface area contributed by atoms with E-state index in [9.17, 15) is 19.8 Å². The van der Waals surface area contributed by atoms with E-state index in [0.717, 1.165) is 11.1 Å². The van der Waals surface area contributed by atoms with Crippen molar-refractivity contribution in [3.63, 3.8) is 0 Å². The van der Waals surface area contributed by atoms with Gasteiger partial charge in [0, 0.05) is 17.1 Å². The molecule has 1 unspecified atom stereocenters.